The maximum atomic E-state index is 14.4. The normalized spacial score (nSPS) is 13.8. The third-order valence-electron chi connectivity index (χ3n) is 6.91. The number of piperidine rings is 1. The van der Waals surface area contributed by atoms with Crippen LogP contribution in [0.15, 0.2) is 65.8 Å². The van der Waals surface area contributed by atoms with Crippen LogP contribution in [0.4, 0.5) is 14.6 Å². The molecule has 0 atom stereocenters. The van der Waals surface area contributed by atoms with Gasteiger partial charge in [-0.25, -0.2) is 13.8 Å². The molecule has 184 valence electrons. The van der Waals surface area contributed by atoms with E-state index in [1.807, 2.05) is 35.2 Å². The summed E-state index contributed by atoms with van der Waals surface area (Å²) in [5.74, 6) is -1.54. The number of nitrogens with zero attached hydrogens (tertiary/aromatic N) is 6. The molecular formula is C28H22F2N6O. The predicted octanol–water partition coefficient (Wildman–Crippen LogP) is 4.92. The van der Waals surface area contributed by atoms with Crippen LogP contribution in [0, 0.1) is 23.0 Å². The average Bonchev–Trinajstić information content (AvgIpc) is 3.27. The molecule has 0 bridgehead atoms. The molecule has 0 amide bonds. The van der Waals surface area contributed by atoms with Crippen LogP contribution in [-0.4, -0.2) is 32.2 Å². The minimum Gasteiger partial charge on any atom is -0.357 e. The van der Waals surface area contributed by atoms with Gasteiger partial charge in [0.2, 0.25) is 0 Å². The SMILES string of the molecule is N#Cc1c(N2CCCCC2)n(-c2ccc(F)c(F)c2)c2c(=O)n(Cc3nccc4ccccc34)cnc12. The number of fused-ring (bicyclic) bond motifs is 2. The van der Waals surface area contributed by atoms with Crippen LogP contribution in [0.25, 0.3) is 27.5 Å². The molecule has 0 unspecified atom stereocenters. The zero-order valence-electron chi connectivity index (χ0n) is 19.9. The molecule has 3 aromatic heterocycles. The maximum Gasteiger partial charge on any atom is 0.278 e. The second-order valence-corrected chi connectivity index (χ2v) is 9.15. The second-order valence-electron chi connectivity index (χ2n) is 9.15. The van der Waals surface area contributed by atoms with Crippen LogP contribution in [0.1, 0.15) is 30.5 Å². The number of nitriles is 1. The summed E-state index contributed by atoms with van der Waals surface area (Å²) in [5, 5.41) is 12.1. The minimum absolute atomic E-state index is 0.144. The molecule has 1 fully saturated rings. The van der Waals surface area contributed by atoms with Crippen molar-refractivity contribution >= 4 is 27.6 Å². The summed E-state index contributed by atoms with van der Waals surface area (Å²) in [7, 11) is 0. The summed E-state index contributed by atoms with van der Waals surface area (Å²) >= 11 is 0. The smallest absolute Gasteiger partial charge is 0.278 e. The lowest BCUT2D eigenvalue weighted by Crippen LogP contribution is -2.32. The maximum absolute atomic E-state index is 14.4. The van der Waals surface area contributed by atoms with Crippen molar-refractivity contribution in [3.8, 4) is 11.8 Å². The molecule has 0 saturated carbocycles. The molecule has 1 aliphatic heterocycles. The molecule has 0 radical (unpaired) electrons. The molecule has 0 aliphatic carbocycles. The highest BCUT2D eigenvalue weighted by atomic mass is 19.2. The summed E-state index contributed by atoms with van der Waals surface area (Å²) in [5.41, 5.74) is 1.18. The van der Waals surface area contributed by atoms with Crippen LogP contribution in [-0.2, 0) is 6.54 Å². The van der Waals surface area contributed by atoms with Crippen molar-refractivity contribution in [3.63, 3.8) is 0 Å². The van der Waals surface area contributed by atoms with Gasteiger partial charge in [0.1, 0.15) is 28.5 Å². The van der Waals surface area contributed by atoms with Crippen molar-refractivity contribution in [2.75, 3.05) is 18.0 Å². The third kappa shape index (κ3) is 3.82. The molecule has 0 N–H and O–H groups in total. The first-order valence-corrected chi connectivity index (χ1v) is 12.1. The monoisotopic (exact) mass is 496 g/mol. The molecular weight excluding hydrogens is 474 g/mol. The first-order chi connectivity index (χ1) is 18.1. The van der Waals surface area contributed by atoms with Crippen molar-refractivity contribution < 1.29 is 8.78 Å². The molecule has 1 saturated heterocycles. The zero-order valence-corrected chi connectivity index (χ0v) is 19.9. The van der Waals surface area contributed by atoms with Gasteiger partial charge in [-0.2, -0.15) is 5.26 Å². The minimum atomic E-state index is -1.04. The quantitative estimate of drug-likeness (QED) is 0.353. The Morgan fingerprint density at radius 2 is 1.78 bits per heavy atom. The van der Waals surface area contributed by atoms with Crippen molar-refractivity contribution in [2.45, 2.75) is 25.8 Å². The molecule has 0 spiro atoms. The van der Waals surface area contributed by atoms with Gasteiger partial charge in [-0.15, -0.1) is 0 Å². The van der Waals surface area contributed by atoms with Crippen molar-refractivity contribution in [3.05, 3.63) is 94.3 Å². The summed E-state index contributed by atoms with van der Waals surface area (Å²) in [4.78, 5) is 25.0. The molecule has 1 aliphatic rings. The van der Waals surface area contributed by atoms with Gasteiger partial charge in [0.05, 0.1) is 24.3 Å². The van der Waals surface area contributed by atoms with E-state index in [0.29, 0.717) is 24.6 Å². The summed E-state index contributed by atoms with van der Waals surface area (Å²) in [6.07, 6.45) is 6.03. The Balaban J connectivity index is 1.61. The zero-order chi connectivity index (χ0) is 25.5. The van der Waals surface area contributed by atoms with Gasteiger partial charge in [0.15, 0.2) is 11.6 Å². The highest BCUT2D eigenvalue weighted by Gasteiger charge is 2.28. The molecule has 4 heterocycles. The molecule has 9 heteroatoms. The number of pyridine rings is 1. The van der Waals surface area contributed by atoms with Gasteiger partial charge in [-0.05, 0) is 42.8 Å². The van der Waals surface area contributed by atoms with Crippen LogP contribution in [0.2, 0.25) is 0 Å². The lowest BCUT2D eigenvalue weighted by molar-refractivity contribution is 0.508. The summed E-state index contributed by atoms with van der Waals surface area (Å²) < 4.78 is 31.2. The Labute approximate surface area is 210 Å². The van der Waals surface area contributed by atoms with E-state index in [2.05, 4.69) is 16.0 Å². The van der Waals surface area contributed by atoms with Gasteiger partial charge in [-0.3, -0.25) is 18.9 Å². The van der Waals surface area contributed by atoms with Gasteiger partial charge < -0.3 is 4.90 Å². The number of rotatable bonds is 4. The van der Waals surface area contributed by atoms with E-state index in [1.54, 1.807) is 10.8 Å². The Morgan fingerprint density at radius 3 is 2.57 bits per heavy atom. The number of halogens is 2. The van der Waals surface area contributed by atoms with Crippen LogP contribution >= 0.6 is 0 Å². The van der Waals surface area contributed by atoms with Crippen molar-refractivity contribution in [1.82, 2.24) is 19.1 Å². The molecule has 5 aromatic rings. The van der Waals surface area contributed by atoms with E-state index < -0.39 is 17.2 Å². The van der Waals surface area contributed by atoms with Crippen molar-refractivity contribution in [1.29, 1.82) is 5.26 Å². The Kier molecular flexibility index (Phi) is 5.64. The highest BCUT2D eigenvalue weighted by Crippen LogP contribution is 2.35. The summed E-state index contributed by atoms with van der Waals surface area (Å²) in [6.45, 7) is 1.53. The molecule has 2 aromatic carbocycles. The number of hydrogen-bond acceptors (Lipinski definition) is 5. The van der Waals surface area contributed by atoms with Gasteiger partial charge in [0.25, 0.3) is 5.56 Å². The van der Waals surface area contributed by atoms with E-state index in [-0.39, 0.29) is 28.8 Å². The number of aromatic nitrogens is 4. The van der Waals surface area contributed by atoms with Gasteiger partial charge >= 0.3 is 0 Å². The largest absolute Gasteiger partial charge is 0.357 e. The van der Waals surface area contributed by atoms with E-state index in [1.165, 1.54) is 17.0 Å². The van der Waals surface area contributed by atoms with Crippen LogP contribution in [0.3, 0.4) is 0 Å². The van der Waals surface area contributed by atoms with Gasteiger partial charge in [0, 0.05) is 30.7 Å². The molecule has 7 nitrogen and oxygen atoms in total. The first-order valence-electron chi connectivity index (χ1n) is 12.1. The highest BCUT2D eigenvalue weighted by molar-refractivity contribution is 5.91. The topological polar surface area (TPSA) is 79.7 Å². The fourth-order valence-corrected chi connectivity index (χ4v) is 5.15. The van der Waals surface area contributed by atoms with E-state index in [4.69, 9.17) is 0 Å². The van der Waals surface area contributed by atoms with Crippen LogP contribution < -0.4 is 10.5 Å². The lowest BCUT2D eigenvalue weighted by Gasteiger charge is -2.30. The van der Waals surface area contributed by atoms with Crippen LogP contribution in [0.5, 0.6) is 0 Å². The number of hydrogen-bond donors (Lipinski definition) is 0. The fourth-order valence-electron chi connectivity index (χ4n) is 5.15. The van der Waals surface area contributed by atoms with E-state index >= 15 is 0 Å². The van der Waals surface area contributed by atoms with Crippen molar-refractivity contribution in [2.24, 2.45) is 0 Å². The average molecular weight is 497 g/mol. The predicted molar refractivity (Wildman–Crippen MR) is 137 cm³/mol. The number of anilines is 1. The van der Waals surface area contributed by atoms with Gasteiger partial charge in [-0.1, -0.05) is 24.3 Å². The van der Waals surface area contributed by atoms with E-state index in [0.717, 1.165) is 42.2 Å². The first kappa shape index (κ1) is 22.9. The summed E-state index contributed by atoms with van der Waals surface area (Å²) in [6, 6.07) is 15.4. The molecule has 6 rings (SSSR count). The Bertz CT molecular complexity index is 1760. The Hall–Kier alpha value is -4.58. The fraction of sp³-hybridized carbons (Fsp3) is 0.214. The second kappa shape index (κ2) is 9.13. The molecule has 37 heavy (non-hydrogen) atoms. The third-order valence-corrected chi connectivity index (χ3v) is 6.91. The standard InChI is InChI=1S/C28H22F2N6O/c29-22-9-8-19(14-23(22)30)36-26-25(21(15-31)27(36)34-12-4-1-5-13-34)33-17-35(28(26)37)16-24-20-7-3-2-6-18(20)10-11-32-24/h2-3,6-11,14,17H,1,4-5,12-13,16H2. The van der Waals surface area contributed by atoms with E-state index in [9.17, 15) is 18.8 Å². The number of benzene rings is 2. The Morgan fingerprint density at radius 1 is 0.973 bits per heavy atom. The lowest BCUT2D eigenvalue weighted by atomic mass is 10.1.